The molecule has 8 heteroatoms. The van der Waals surface area contributed by atoms with Crippen LogP contribution >= 0.6 is 0 Å². The standard InChI is InChI=1S/C37H38N6O2/c1-37(2,3)45-36(44)43-16-6-9-33(43)35-40-29-15-13-26(20-32(29)42-35)30-18-25-11-10-23(17-27(25)21-38-30)24-12-14-28-31(19-24)41-34(39-28)22-7-4-5-8-22/h10-15,17-22,33H,4-9,16H2,1-3H3,(H,39,41)(H,40,42)/t33-/m0/s1. The van der Waals surface area contributed by atoms with Gasteiger partial charge < -0.3 is 14.7 Å². The summed E-state index contributed by atoms with van der Waals surface area (Å²) in [5.74, 6) is 2.51. The van der Waals surface area contributed by atoms with E-state index < -0.39 is 5.60 Å². The van der Waals surface area contributed by atoms with Crippen molar-refractivity contribution >= 4 is 38.9 Å². The molecule has 1 amide bonds. The van der Waals surface area contributed by atoms with Gasteiger partial charge >= 0.3 is 6.09 Å². The average Bonchev–Trinajstić information content (AvgIpc) is 3.84. The normalized spacial score (nSPS) is 17.7. The highest BCUT2D eigenvalue weighted by molar-refractivity contribution is 5.91. The number of nitrogens with one attached hydrogen (secondary N) is 2. The lowest BCUT2D eigenvalue weighted by Crippen LogP contribution is -2.36. The summed E-state index contributed by atoms with van der Waals surface area (Å²) in [6, 6.07) is 21.3. The number of benzene rings is 3. The average molecular weight is 599 g/mol. The number of hydrogen-bond acceptors (Lipinski definition) is 5. The van der Waals surface area contributed by atoms with Crippen molar-refractivity contribution in [2.24, 2.45) is 0 Å². The van der Waals surface area contributed by atoms with Gasteiger partial charge in [-0.25, -0.2) is 14.8 Å². The fraction of sp³-hybridized carbons (Fsp3) is 0.351. The van der Waals surface area contributed by atoms with Gasteiger partial charge in [-0.3, -0.25) is 9.88 Å². The topological polar surface area (TPSA) is 99.8 Å². The van der Waals surface area contributed by atoms with E-state index >= 15 is 0 Å². The summed E-state index contributed by atoms with van der Waals surface area (Å²) in [5.41, 5.74) is 7.67. The molecule has 228 valence electrons. The van der Waals surface area contributed by atoms with Crippen molar-refractivity contribution in [2.75, 3.05) is 6.54 Å². The van der Waals surface area contributed by atoms with Gasteiger partial charge in [-0.1, -0.05) is 37.1 Å². The number of amides is 1. The minimum atomic E-state index is -0.533. The van der Waals surface area contributed by atoms with Gasteiger partial charge in [-0.2, -0.15) is 0 Å². The van der Waals surface area contributed by atoms with Crippen LogP contribution in [0.15, 0.2) is 66.9 Å². The molecule has 0 bridgehead atoms. The predicted molar refractivity (Wildman–Crippen MR) is 178 cm³/mol. The minimum Gasteiger partial charge on any atom is -0.444 e. The molecule has 1 saturated heterocycles. The van der Waals surface area contributed by atoms with Gasteiger partial charge in [0.25, 0.3) is 0 Å². The monoisotopic (exact) mass is 598 g/mol. The number of fused-ring (bicyclic) bond motifs is 3. The third-order valence-electron chi connectivity index (χ3n) is 9.29. The molecule has 2 fully saturated rings. The predicted octanol–water partition coefficient (Wildman–Crippen LogP) is 9.05. The molecule has 6 aromatic rings. The van der Waals surface area contributed by atoms with Gasteiger partial charge in [-0.15, -0.1) is 0 Å². The zero-order chi connectivity index (χ0) is 30.7. The SMILES string of the molecule is CC(C)(C)OC(=O)N1CCC[C@H]1c1nc2ccc(-c3cc4ccc(-c5ccc6nc(C7CCCC7)[nH]c6c5)cc4cn3)cc2[nH]1. The van der Waals surface area contributed by atoms with Gasteiger partial charge in [-0.05, 0) is 99.4 Å². The first-order chi connectivity index (χ1) is 21.8. The van der Waals surface area contributed by atoms with Crippen LogP contribution in [-0.2, 0) is 4.74 Å². The number of aromatic nitrogens is 5. The van der Waals surface area contributed by atoms with Crippen molar-refractivity contribution in [3.63, 3.8) is 0 Å². The lowest BCUT2D eigenvalue weighted by atomic mass is 10.0. The van der Waals surface area contributed by atoms with Gasteiger partial charge in [0.2, 0.25) is 0 Å². The number of rotatable bonds is 4. The zero-order valence-corrected chi connectivity index (χ0v) is 26.1. The van der Waals surface area contributed by atoms with E-state index in [1.165, 1.54) is 31.2 Å². The van der Waals surface area contributed by atoms with Gasteiger partial charge in [0.1, 0.15) is 17.2 Å². The number of hydrogen-bond donors (Lipinski definition) is 2. The van der Waals surface area contributed by atoms with Crippen LogP contribution in [0.3, 0.4) is 0 Å². The van der Waals surface area contributed by atoms with Crippen LogP contribution in [0.2, 0.25) is 0 Å². The summed E-state index contributed by atoms with van der Waals surface area (Å²) in [6.45, 7) is 6.35. The Labute approximate surface area is 262 Å². The van der Waals surface area contributed by atoms with Crippen LogP contribution in [0.5, 0.6) is 0 Å². The maximum absolute atomic E-state index is 12.9. The van der Waals surface area contributed by atoms with Crippen molar-refractivity contribution in [3.8, 4) is 22.4 Å². The van der Waals surface area contributed by atoms with E-state index in [9.17, 15) is 4.79 Å². The summed E-state index contributed by atoms with van der Waals surface area (Å²) in [6.07, 6.45) is 8.53. The molecule has 1 aliphatic heterocycles. The van der Waals surface area contributed by atoms with Crippen LogP contribution in [0.25, 0.3) is 55.2 Å². The molecule has 45 heavy (non-hydrogen) atoms. The molecule has 4 heterocycles. The lowest BCUT2D eigenvalue weighted by molar-refractivity contribution is 0.0219. The van der Waals surface area contributed by atoms with Crippen molar-refractivity contribution in [3.05, 3.63) is 78.5 Å². The van der Waals surface area contributed by atoms with Crippen LogP contribution in [0.4, 0.5) is 4.79 Å². The highest BCUT2D eigenvalue weighted by Gasteiger charge is 2.35. The molecule has 2 aliphatic rings. The van der Waals surface area contributed by atoms with Gasteiger partial charge in [0.05, 0.1) is 33.8 Å². The van der Waals surface area contributed by atoms with Gasteiger partial charge in [0.15, 0.2) is 0 Å². The Morgan fingerprint density at radius 2 is 1.44 bits per heavy atom. The molecular weight excluding hydrogens is 560 g/mol. The zero-order valence-electron chi connectivity index (χ0n) is 26.1. The number of H-pyrrole nitrogens is 2. The number of carbonyl (C=O) groups is 1. The van der Waals surface area contributed by atoms with Crippen molar-refractivity contribution in [1.82, 2.24) is 29.8 Å². The summed E-state index contributed by atoms with van der Waals surface area (Å²) >= 11 is 0. The van der Waals surface area contributed by atoms with E-state index in [0.717, 1.165) is 74.2 Å². The van der Waals surface area contributed by atoms with E-state index in [-0.39, 0.29) is 12.1 Å². The number of aromatic amines is 2. The van der Waals surface area contributed by atoms with E-state index in [0.29, 0.717) is 12.5 Å². The minimum absolute atomic E-state index is 0.119. The summed E-state index contributed by atoms with van der Waals surface area (Å²) in [4.78, 5) is 36.3. The number of pyridine rings is 1. The third-order valence-corrected chi connectivity index (χ3v) is 9.29. The van der Waals surface area contributed by atoms with E-state index in [1.807, 2.05) is 33.0 Å². The summed E-state index contributed by atoms with van der Waals surface area (Å²) < 4.78 is 5.66. The van der Waals surface area contributed by atoms with E-state index in [2.05, 4.69) is 64.6 Å². The van der Waals surface area contributed by atoms with Crippen molar-refractivity contribution in [1.29, 1.82) is 0 Å². The molecule has 0 radical (unpaired) electrons. The number of nitrogens with zero attached hydrogens (tertiary/aromatic N) is 4. The first-order valence-corrected chi connectivity index (χ1v) is 16.2. The van der Waals surface area contributed by atoms with E-state index in [1.54, 1.807) is 4.90 Å². The fourth-order valence-corrected chi connectivity index (χ4v) is 7.02. The Balaban J connectivity index is 1.04. The molecule has 8 rings (SSSR count). The molecule has 2 N–H and O–H groups in total. The Morgan fingerprint density at radius 3 is 2.22 bits per heavy atom. The van der Waals surface area contributed by atoms with Crippen LogP contribution in [0, 0.1) is 0 Å². The molecule has 8 nitrogen and oxygen atoms in total. The molecule has 1 atom stereocenters. The molecule has 0 spiro atoms. The molecule has 1 aliphatic carbocycles. The molecular formula is C37H38N6O2. The number of likely N-dealkylation sites (tertiary alicyclic amines) is 1. The van der Waals surface area contributed by atoms with Gasteiger partial charge in [0, 0.05) is 29.6 Å². The summed E-state index contributed by atoms with van der Waals surface area (Å²) in [5, 5.41) is 2.24. The third kappa shape index (κ3) is 5.32. The highest BCUT2D eigenvalue weighted by Crippen LogP contribution is 2.36. The maximum Gasteiger partial charge on any atom is 0.410 e. The number of carbonyl (C=O) groups excluding carboxylic acids is 1. The first kappa shape index (κ1) is 27.8. The molecule has 1 saturated carbocycles. The maximum atomic E-state index is 12.9. The first-order valence-electron chi connectivity index (χ1n) is 16.2. The molecule has 3 aromatic carbocycles. The second kappa shape index (κ2) is 10.7. The van der Waals surface area contributed by atoms with Crippen LogP contribution in [-0.4, -0.2) is 48.1 Å². The molecule has 0 unspecified atom stereocenters. The molecule has 3 aromatic heterocycles. The largest absolute Gasteiger partial charge is 0.444 e. The Hall–Kier alpha value is -4.72. The highest BCUT2D eigenvalue weighted by atomic mass is 16.6. The van der Waals surface area contributed by atoms with Crippen LogP contribution < -0.4 is 0 Å². The lowest BCUT2D eigenvalue weighted by Gasteiger charge is -2.27. The second-order valence-corrected chi connectivity index (χ2v) is 13.7. The Bertz CT molecular complexity index is 2060. The van der Waals surface area contributed by atoms with E-state index in [4.69, 9.17) is 19.7 Å². The summed E-state index contributed by atoms with van der Waals surface area (Å²) in [7, 11) is 0. The van der Waals surface area contributed by atoms with Crippen molar-refractivity contribution in [2.45, 2.75) is 76.9 Å². The Kier molecular flexibility index (Phi) is 6.62. The van der Waals surface area contributed by atoms with Crippen molar-refractivity contribution < 1.29 is 9.53 Å². The number of ether oxygens (including phenoxy) is 1. The number of imidazole rings is 2. The second-order valence-electron chi connectivity index (χ2n) is 13.7. The van der Waals surface area contributed by atoms with Crippen LogP contribution in [0.1, 0.15) is 82.9 Å². The Morgan fingerprint density at radius 1 is 0.778 bits per heavy atom. The quantitative estimate of drug-likeness (QED) is 0.211. The fourth-order valence-electron chi connectivity index (χ4n) is 7.02. The smallest absolute Gasteiger partial charge is 0.410 e.